The minimum atomic E-state index is -3.75. The normalized spacial score (nSPS) is 23.5. The van der Waals surface area contributed by atoms with Crippen LogP contribution in [0.4, 0.5) is 0 Å². The van der Waals surface area contributed by atoms with Crippen molar-refractivity contribution in [3.63, 3.8) is 0 Å². The molecule has 1 aliphatic carbocycles. The van der Waals surface area contributed by atoms with Crippen LogP contribution in [0.5, 0.6) is 0 Å². The molecule has 0 heterocycles. The van der Waals surface area contributed by atoms with Gasteiger partial charge in [0, 0.05) is 6.04 Å². The van der Waals surface area contributed by atoms with Crippen LogP contribution in [0.1, 0.15) is 52.9 Å². The van der Waals surface area contributed by atoms with Crippen LogP contribution in [-0.2, 0) is 19.6 Å². The van der Waals surface area contributed by atoms with E-state index in [4.69, 9.17) is 5.11 Å². The third kappa shape index (κ3) is 7.78. The number of amides is 1. The second-order valence-corrected chi connectivity index (χ2v) is 8.68. The third-order valence-corrected chi connectivity index (χ3v) is 5.36. The van der Waals surface area contributed by atoms with Crippen molar-refractivity contribution in [3.8, 4) is 0 Å². The molecule has 23 heavy (non-hydrogen) atoms. The van der Waals surface area contributed by atoms with E-state index in [-0.39, 0.29) is 18.4 Å². The average Bonchev–Trinajstić information content (AvgIpc) is 2.39. The summed E-state index contributed by atoms with van der Waals surface area (Å²) in [6, 6.07) is -1.19. The molecule has 134 valence electrons. The van der Waals surface area contributed by atoms with Crippen LogP contribution in [0.25, 0.3) is 0 Å². The van der Waals surface area contributed by atoms with Gasteiger partial charge in [-0.2, -0.15) is 0 Å². The first kappa shape index (κ1) is 19.9. The van der Waals surface area contributed by atoms with Crippen molar-refractivity contribution >= 4 is 21.9 Å². The van der Waals surface area contributed by atoms with Gasteiger partial charge in [0.1, 0.15) is 11.8 Å². The van der Waals surface area contributed by atoms with Crippen LogP contribution in [-0.4, -0.2) is 43.2 Å². The number of carbonyl (C=O) groups is 2. The minimum absolute atomic E-state index is 0.0790. The van der Waals surface area contributed by atoms with Crippen molar-refractivity contribution in [1.82, 2.24) is 10.0 Å². The zero-order chi connectivity index (χ0) is 17.6. The quantitative estimate of drug-likeness (QED) is 0.608. The molecule has 1 amide bonds. The Morgan fingerprint density at radius 1 is 1.17 bits per heavy atom. The fraction of sp³-hybridized carbons (Fsp3) is 0.867. The number of sulfonamides is 1. The van der Waals surface area contributed by atoms with E-state index in [1.54, 1.807) is 0 Å². The zero-order valence-electron chi connectivity index (χ0n) is 14.0. The smallest absolute Gasteiger partial charge is 0.326 e. The highest BCUT2D eigenvalue weighted by Crippen LogP contribution is 2.23. The first-order valence-electron chi connectivity index (χ1n) is 8.11. The van der Waals surface area contributed by atoms with E-state index in [1.165, 1.54) is 0 Å². The van der Waals surface area contributed by atoms with Gasteiger partial charge in [0.25, 0.3) is 0 Å². The summed E-state index contributed by atoms with van der Waals surface area (Å²) in [4.78, 5) is 23.0. The zero-order valence-corrected chi connectivity index (χ0v) is 14.9. The molecule has 1 aliphatic rings. The number of carboxylic acid groups (broad SMARTS) is 1. The number of hydrogen-bond acceptors (Lipinski definition) is 4. The van der Waals surface area contributed by atoms with Crippen molar-refractivity contribution in [2.75, 3.05) is 5.75 Å². The molecule has 3 N–H and O–H groups in total. The fourth-order valence-corrected chi connectivity index (χ4v) is 4.03. The number of aliphatic carboxylic acids is 1. The largest absolute Gasteiger partial charge is 0.480 e. The van der Waals surface area contributed by atoms with Crippen molar-refractivity contribution < 1.29 is 23.1 Å². The number of carbonyl (C=O) groups excluding carboxylic acids is 1. The van der Waals surface area contributed by atoms with E-state index < -0.39 is 33.7 Å². The maximum atomic E-state index is 12.0. The number of hydrogen-bond donors (Lipinski definition) is 3. The van der Waals surface area contributed by atoms with Crippen molar-refractivity contribution in [3.05, 3.63) is 0 Å². The Morgan fingerprint density at radius 3 is 2.22 bits per heavy atom. The molecule has 0 unspecified atom stereocenters. The van der Waals surface area contributed by atoms with Crippen LogP contribution in [0, 0.1) is 11.8 Å². The number of carboxylic acids is 1. The molecule has 1 fully saturated rings. The van der Waals surface area contributed by atoms with E-state index in [0.29, 0.717) is 5.92 Å². The van der Waals surface area contributed by atoms with E-state index in [9.17, 15) is 18.0 Å². The fourth-order valence-electron chi connectivity index (χ4n) is 2.77. The average molecular weight is 348 g/mol. The molecule has 0 radical (unpaired) electrons. The summed E-state index contributed by atoms with van der Waals surface area (Å²) in [5.74, 6) is -1.99. The molecule has 0 aromatic heterocycles. The lowest BCUT2D eigenvalue weighted by Gasteiger charge is -2.26. The Morgan fingerprint density at radius 2 is 1.74 bits per heavy atom. The van der Waals surface area contributed by atoms with E-state index >= 15 is 0 Å². The monoisotopic (exact) mass is 348 g/mol. The van der Waals surface area contributed by atoms with Gasteiger partial charge in [-0.25, -0.2) is 17.9 Å². The summed E-state index contributed by atoms with van der Waals surface area (Å²) >= 11 is 0. The van der Waals surface area contributed by atoms with Gasteiger partial charge in [-0.1, -0.05) is 20.8 Å². The predicted octanol–water partition coefficient (Wildman–Crippen LogP) is 1.10. The lowest BCUT2D eigenvalue weighted by Crippen LogP contribution is -2.47. The molecular weight excluding hydrogens is 320 g/mol. The molecule has 0 aromatic rings. The van der Waals surface area contributed by atoms with Crippen LogP contribution in [0.3, 0.4) is 0 Å². The molecule has 0 aliphatic heterocycles. The molecule has 8 heteroatoms. The first-order chi connectivity index (χ1) is 10.6. The Labute approximate surface area is 138 Å². The SMILES string of the molecule is CC(C)C[C@H](NC(=O)CS(=O)(=O)NC1CCC(C)CC1)C(=O)O. The maximum absolute atomic E-state index is 12.0. The minimum Gasteiger partial charge on any atom is -0.480 e. The molecular formula is C15H28N2O5S. The van der Waals surface area contributed by atoms with Gasteiger partial charge < -0.3 is 10.4 Å². The molecule has 0 saturated heterocycles. The first-order valence-corrected chi connectivity index (χ1v) is 9.76. The number of rotatable bonds is 8. The van der Waals surface area contributed by atoms with Crippen LogP contribution >= 0.6 is 0 Å². The molecule has 1 atom stereocenters. The molecule has 0 bridgehead atoms. The molecule has 1 saturated carbocycles. The topological polar surface area (TPSA) is 113 Å². The summed E-state index contributed by atoms with van der Waals surface area (Å²) in [6.07, 6.45) is 3.74. The summed E-state index contributed by atoms with van der Waals surface area (Å²) in [5.41, 5.74) is 0. The summed E-state index contributed by atoms with van der Waals surface area (Å²) < 4.78 is 26.6. The molecule has 7 nitrogen and oxygen atoms in total. The van der Waals surface area contributed by atoms with Gasteiger partial charge in [-0.15, -0.1) is 0 Å². The van der Waals surface area contributed by atoms with Crippen LogP contribution in [0.2, 0.25) is 0 Å². The Kier molecular flexibility index (Phi) is 7.47. The Hall–Kier alpha value is -1.15. The van der Waals surface area contributed by atoms with Gasteiger partial charge in [0.15, 0.2) is 0 Å². The highest BCUT2D eigenvalue weighted by atomic mass is 32.2. The van der Waals surface area contributed by atoms with Crippen molar-refractivity contribution in [1.29, 1.82) is 0 Å². The summed E-state index contributed by atoms with van der Waals surface area (Å²) in [6.45, 7) is 5.81. The van der Waals surface area contributed by atoms with E-state index in [1.807, 2.05) is 13.8 Å². The van der Waals surface area contributed by atoms with Gasteiger partial charge in [-0.05, 0) is 43.9 Å². The Bertz CT molecular complexity index is 510. The Balaban J connectivity index is 2.52. The highest BCUT2D eigenvalue weighted by molar-refractivity contribution is 7.90. The van der Waals surface area contributed by atoms with Gasteiger partial charge in [0.05, 0.1) is 0 Å². The predicted molar refractivity (Wildman–Crippen MR) is 87.4 cm³/mol. The molecule has 0 aromatic carbocycles. The molecule has 0 spiro atoms. The second kappa shape index (κ2) is 8.63. The van der Waals surface area contributed by atoms with Crippen LogP contribution in [0.15, 0.2) is 0 Å². The standard InChI is InChI=1S/C15H28N2O5S/c1-10(2)8-13(15(19)20)16-14(18)9-23(21,22)17-12-6-4-11(3)5-7-12/h10-13,17H,4-9H2,1-3H3,(H,16,18)(H,19,20)/t11?,12?,13-/m0/s1. The van der Waals surface area contributed by atoms with Gasteiger partial charge >= 0.3 is 5.97 Å². The van der Waals surface area contributed by atoms with Crippen molar-refractivity contribution in [2.24, 2.45) is 11.8 Å². The van der Waals surface area contributed by atoms with Crippen LogP contribution < -0.4 is 10.0 Å². The summed E-state index contributed by atoms with van der Waals surface area (Å²) in [7, 11) is -3.75. The van der Waals surface area contributed by atoms with Gasteiger partial charge in [-0.3, -0.25) is 4.79 Å². The maximum Gasteiger partial charge on any atom is 0.326 e. The molecule has 1 rings (SSSR count). The third-order valence-electron chi connectivity index (χ3n) is 4.02. The lowest BCUT2D eigenvalue weighted by atomic mass is 9.88. The number of nitrogens with one attached hydrogen (secondary N) is 2. The summed E-state index contributed by atoms with van der Waals surface area (Å²) in [5, 5.41) is 11.4. The van der Waals surface area contributed by atoms with E-state index in [2.05, 4.69) is 17.0 Å². The van der Waals surface area contributed by atoms with Gasteiger partial charge in [0.2, 0.25) is 15.9 Å². The van der Waals surface area contributed by atoms with Crippen molar-refractivity contribution in [2.45, 2.75) is 65.0 Å². The highest BCUT2D eigenvalue weighted by Gasteiger charge is 2.27. The van der Waals surface area contributed by atoms with E-state index in [0.717, 1.165) is 25.7 Å². The second-order valence-electron chi connectivity index (χ2n) is 6.92. The lowest BCUT2D eigenvalue weighted by molar-refractivity contribution is -0.142.